The van der Waals surface area contributed by atoms with Gasteiger partial charge in [-0.3, -0.25) is 14.4 Å². The van der Waals surface area contributed by atoms with Crippen molar-refractivity contribution >= 4 is 29.3 Å². The third-order valence-electron chi connectivity index (χ3n) is 4.72. The first kappa shape index (κ1) is 23.0. The zero-order chi connectivity index (χ0) is 24.5. The van der Waals surface area contributed by atoms with Crippen LogP contribution >= 0.6 is 0 Å². The van der Waals surface area contributed by atoms with Crippen LogP contribution in [0.4, 0.5) is 35.3 Å². The minimum absolute atomic E-state index is 0.00118. The first-order valence-corrected chi connectivity index (χ1v) is 9.89. The molecule has 4 N–H and O–H groups in total. The van der Waals surface area contributed by atoms with E-state index in [1.54, 1.807) is 7.05 Å². The molecule has 4 heterocycles. The molecule has 15 heteroatoms. The zero-order valence-corrected chi connectivity index (χ0v) is 17.6. The number of urea groups is 1. The molecule has 12 nitrogen and oxygen atoms in total. The lowest BCUT2D eigenvalue weighted by Gasteiger charge is -2.13. The molecule has 0 saturated carbocycles. The molecule has 0 aromatic carbocycles. The Balaban J connectivity index is 1.49. The summed E-state index contributed by atoms with van der Waals surface area (Å²) < 4.78 is 44.0. The number of nitrogens with one attached hydrogen (secondary N) is 3. The number of hydrogen-bond acceptors (Lipinski definition) is 8. The monoisotopic (exact) mass is 480 g/mol. The van der Waals surface area contributed by atoms with Crippen LogP contribution in [-0.4, -0.2) is 68.7 Å². The summed E-state index contributed by atoms with van der Waals surface area (Å²) in [6, 6.07) is 1.84. The molecule has 1 atom stereocenters. The lowest BCUT2D eigenvalue weighted by Crippen LogP contribution is -2.30. The molecular weight excluding hydrogens is 461 g/mol. The van der Waals surface area contributed by atoms with Crippen LogP contribution in [0, 0.1) is 0 Å². The van der Waals surface area contributed by atoms with Gasteiger partial charge in [0.2, 0.25) is 5.89 Å². The summed E-state index contributed by atoms with van der Waals surface area (Å²) >= 11 is 0. The third kappa shape index (κ3) is 5.09. The van der Waals surface area contributed by atoms with E-state index < -0.39 is 30.7 Å². The van der Waals surface area contributed by atoms with Crippen molar-refractivity contribution in [2.45, 2.75) is 12.2 Å². The Morgan fingerprint density at radius 1 is 1.41 bits per heavy atom. The van der Waals surface area contributed by atoms with Gasteiger partial charge >= 0.3 is 12.2 Å². The van der Waals surface area contributed by atoms with Crippen molar-refractivity contribution < 1.29 is 32.3 Å². The third-order valence-corrected chi connectivity index (χ3v) is 4.72. The van der Waals surface area contributed by atoms with Gasteiger partial charge in [-0.05, 0) is 12.1 Å². The number of halogens is 3. The number of oxazole rings is 1. The van der Waals surface area contributed by atoms with Crippen molar-refractivity contribution in [1.82, 2.24) is 25.1 Å². The van der Waals surface area contributed by atoms with Crippen LogP contribution in [0.15, 0.2) is 35.2 Å². The second-order valence-electron chi connectivity index (χ2n) is 7.37. The van der Waals surface area contributed by atoms with Gasteiger partial charge in [-0.15, -0.1) is 0 Å². The fraction of sp³-hybridized carbons (Fsp3) is 0.316. The number of rotatable bonds is 7. The molecule has 0 bridgehead atoms. The number of aromatic nitrogens is 4. The van der Waals surface area contributed by atoms with Crippen LogP contribution in [0.2, 0.25) is 0 Å². The van der Waals surface area contributed by atoms with Gasteiger partial charge in [0.15, 0.2) is 11.5 Å². The summed E-state index contributed by atoms with van der Waals surface area (Å²) in [5, 5.41) is 20.8. The van der Waals surface area contributed by atoms with Crippen molar-refractivity contribution in [2.75, 3.05) is 35.2 Å². The van der Waals surface area contributed by atoms with E-state index in [0.717, 1.165) is 6.26 Å². The number of alkyl halides is 3. The van der Waals surface area contributed by atoms with Gasteiger partial charge < -0.3 is 25.5 Å². The number of aryl methyl sites for hydroxylation is 1. The number of pyridine rings is 1. The highest BCUT2D eigenvalue weighted by Gasteiger charge is 2.33. The molecule has 180 valence electrons. The van der Waals surface area contributed by atoms with Crippen LogP contribution in [0.25, 0.3) is 11.5 Å². The molecule has 0 spiro atoms. The van der Waals surface area contributed by atoms with Crippen LogP contribution in [0.1, 0.15) is 10.5 Å². The van der Waals surface area contributed by atoms with E-state index in [1.165, 1.54) is 34.1 Å². The molecular formula is C19H19F3N8O4. The zero-order valence-electron chi connectivity index (χ0n) is 17.6. The molecule has 4 rings (SSSR count). The number of aliphatic hydroxyl groups excluding tert-OH is 1. The van der Waals surface area contributed by atoms with E-state index in [4.69, 9.17) is 4.42 Å². The van der Waals surface area contributed by atoms with E-state index in [1.807, 2.05) is 0 Å². The predicted molar refractivity (Wildman–Crippen MR) is 112 cm³/mol. The smallest absolute Gasteiger partial charge is 0.405 e. The van der Waals surface area contributed by atoms with Crippen LogP contribution in [0.5, 0.6) is 0 Å². The second-order valence-corrected chi connectivity index (χ2v) is 7.37. The van der Waals surface area contributed by atoms with Gasteiger partial charge in [0, 0.05) is 18.8 Å². The highest BCUT2D eigenvalue weighted by molar-refractivity contribution is 6.06. The molecule has 1 fully saturated rings. The van der Waals surface area contributed by atoms with Gasteiger partial charge in [0.05, 0.1) is 25.4 Å². The topological polar surface area (TPSA) is 150 Å². The maximum Gasteiger partial charge on any atom is 0.405 e. The van der Waals surface area contributed by atoms with Gasteiger partial charge in [-0.25, -0.2) is 14.8 Å². The molecule has 34 heavy (non-hydrogen) atoms. The number of amides is 3. The Morgan fingerprint density at radius 3 is 2.91 bits per heavy atom. The Morgan fingerprint density at radius 2 is 2.21 bits per heavy atom. The lowest BCUT2D eigenvalue weighted by molar-refractivity contribution is -0.115. The van der Waals surface area contributed by atoms with Crippen LogP contribution in [0.3, 0.4) is 0 Å². The predicted octanol–water partition coefficient (Wildman–Crippen LogP) is 1.59. The highest BCUT2D eigenvalue weighted by Crippen LogP contribution is 2.27. The molecule has 1 aliphatic rings. The van der Waals surface area contributed by atoms with Gasteiger partial charge in [-0.1, -0.05) is 0 Å². The average Bonchev–Trinajstić information content (AvgIpc) is 3.50. The minimum atomic E-state index is -4.41. The first-order valence-electron chi connectivity index (χ1n) is 9.89. The summed E-state index contributed by atoms with van der Waals surface area (Å²) in [6.07, 6.45) is -0.546. The fourth-order valence-electron chi connectivity index (χ4n) is 3.20. The molecule has 1 aliphatic heterocycles. The Bertz CT molecular complexity index is 1210. The Labute approximate surface area is 189 Å². The SMILES string of the molecule is Cn1cc(NC(=O)c2coc(-c3ccnc(NCC(F)(F)F)c3)n2)c(N2C[C@@H](CO)NC2=O)n1. The summed E-state index contributed by atoms with van der Waals surface area (Å²) in [4.78, 5) is 34.1. The van der Waals surface area contributed by atoms with E-state index >= 15 is 0 Å². The normalized spacial score (nSPS) is 16.0. The highest BCUT2D eigenvalue weighted by atomic mass is 19.4. The number of aliphatic hydroxyl groups is 1. The number of hydrogen-bond donors (Lipinski definition) is 4. The molecule has 1 saturated heterocycles. The summed E-state index contributed by atoms with van der Waals surface area (Å²) in [5.41, 5.74) is 0.434. The second kappa shape index (κ2) is 9.01. The summed E-state index contributed by atoms with van der Waals surface area (Å²) in [7, 11) is 1.61. The number of nitrogens with zero attached hydrogens (tertiary/aromatic N) is 5. The summed E-state index contributed by atoms with van der Waals surface area (Å²) in [6.45, 7) is -1.35. The number of carbonyl (C=O) groups excluding carboxylic acids is 2. The van der Waals surface area contributed by atoms with Crippen LogP contribution in [-0.2, 0) is 7.05 Å². The molecule has 0 unspecified atom stereocenters. The largest absolute Gasteiger partial charge is 0.444 e. The van der Waals surface area contributed by atoms with E-state index in [9.17, 15) is 27.9 Å². The average molecular weight is 480 g/mol. The van der Waals surface area contributed by atoms with E-state index in [2.05, 4.69) is 31.0 Å². The van der Waals surface area contributed by atoms with E-state index in [-0.39, 0.29) is 42.1 Å². The quantitative estimate of drug-likeness (QED) is 0.398. The maximum atomic E-state index is 12.7. The molecule has 3 amide bonds. The van der Waals surface area contributed by atoms with Crippen molar-refractivity contribution in [3.8, 4) is 11.5 Å². The number of carbonyl (C=O) groups is 2. The molecule has 3 aromatic heterocycles. The first-order chi connectivity index (χ1) is 16.1. The Hall–Kier alpha value is -4.14. The molecule has 0 radical (unpaired) electrons. The van der Waals surface area contributed by atoms with E-state index in [0.29, 0.717) is 5.56 Å². The van der Waals surface area contributed by atoms with Crippen LogP contribution < -0.4 is 20.9 Å². The molecule has 0 aliphatic carbocycles. The minimum Gasteiger partial charge on any atom is -0.444 e. The van der Waals surface area contributed by atoms with Crippen molar-refractivity contribution in [3.63, 3.8) is 0 Å². The number of anilines is 3. The van der Waals surface area contributed by atoms with Gasteiger partial charge in [0.25, 0.3) is 5.91 Å². The molecule has 3 aromatic rings. The van der Waals surface area contributed by atoms with Crippen molar-refractivity contribution in [2.24, 2.45) is 7.05 Å². The fourth-order valence-corrected chi connectivity index (χ4v) is 3.20. The van der Waals surface area contributed by atoms with Gasteiger partial charge in [0.1, 0.15) is 24.3 Å². The lowest BCUT2D eigenvalue weighted by atomic mass is 10.2. The van der Waals surface area contributed by atoms with Crippen molar-refractivity contribution in [1.29, 1.82) is 0 Å². The standard InChI is InChI=1S/C19H19F3N8O4/c1-29-6-12(15(28-29)30-5-11(7-31)25-18(30)33)26-16(32)13-8-34-17(27-13)10-2-3-23-14(4-10)24-9-19(20,21)22/h2-4,6,8,11,31H,5,7,9H2,1H3,(H,23,24)(H,25,33)(H,26,32)/t11-/m0/s1. The maximum absolute atomic E-state index is 12.7. The van der Waals surface area contributed by atoms with Crippen molar-refractivity contribution in [3.05, 3.63) is 36.5 Å². The summed E-state index contributed by atoms with van der Waals surface area (Å²) in [5.74, 6) is -0.516. The van der Waals surface area contributed by atoms with Gasteiger partial charge in [-0.2, -0.15) is 18.3 Å². The Kier molecular flexibility index (Phi) is 6.10.